The molecule has 1 amide bonds. The van der Waals surface area contributed by atoms with E-state index in [-0.39, 0.29) is 17.8 Å². The first-order valence-corrected chi connectivity index (χ1v) is 7.04. The van der Waals surface area contributed by atoms with Gasteiger partial charge in [-0.15, -0.1) is 0 Å². The number of halogens is 1. The van der Waals surface area contributed by atoms with E-state index in [0.29, 0.717) is 17.6 Å². The van der Waals surface area contributed by atoms with Crippen LogP contribution < -0.4 is 10.1 Å². The van der Waals surface area contributed by atoms with Crippen molar-refractivity contribution in [2.24, 2.45) is 11.8 Å². The van der Waals surface area contributed by atoms with Gasteiger partial charge in [0.25, 0.3) is 5.91 Å². The Labute approximate surface area is 120 Å². The average molecular weight is 281 g/mol. The quantitative estimate of drug-likeness (QED) is 0.868. The van der Waals surface area contributed by atoms with Gasteiger partial charge in [-0.2, -0.15) is 0 Å². The van der Waals surface area contributed by atoms with Crippen LogP contribution in [0, 0.1) is 17.7 Å². The normalized spacial score (nSPS) is 12.8. The van der Waals surface area contributed by atoms with Gasteiger partial charge in [0, 0.05) is 6.04 Å². The lowest BCUT2D eigenvalue weighted by Crippen LogP contribution is -2.47. The van der Waals surface area contributed by atoms with Crippen LogP contribution in [0.15, 0.2) is 24.3 Å². The Morgan fingerprint density at radius 1 is 1.05 bits per heavy atom. The molecule has 0 aromatic heterocycles. The third-order valence-corrected chi connectivity index (χ3v) is 3.24. The van der Waals surface area contributed by atoms with Crippen molar-refractivity contribution in [2.45, 2.75) is 46.8 Å². The Morgan fingerprint density at radius 2 is 1.55 bits per heavy atom. The van der Waals surface area contributed by atoms with E-state index in [4.69, 9.17) is 4.74 Å². The summed E-state index contributed by atoms with van der Waals surface area (Å²) in [6, 6.07) is 5.76. The van der Waals surface area contributed by atoms with E-state index >= 15 is 0 Å². The topological polar surface area (TPSA) is 38.3 Å². The van der Waals surface area contributed by atoms with Crippen LogP contribution in [0.25, 0.3) is 0 Å². The molecule has 0 aliphatic carbocycles. The smallest absolute Gasteiger partial charge is 0.261 e. The first kappa shape index (κ1) is 16.5. The highest BCUT2D eigenvalue weighted by molar-refractivity contribution is 5.81. The maximum Gasteiger partial charge on any atom is 0.261 e. The van der Waals surface area contributed by atoms with Crippen LogP contribution in [0.1, 0.15) is 34.6 Å². The summed E-state index contributed by atoms with van der Waals surface area (Å²) in [5.74, 6) is 0.726. The Morgan fingerprint density at radius 3 is 2.00 bits per heavy atom. The van der Waals surface area contributed by atoms with Crippen molar-refractivity contribution in [3.8, 4) is 5.75 Å². The zero-order chi connectivity index (χ0) is 15.3. The lowest BCUT2D eigenvalue weighted by molar-refractivity contribution is -0.128. The van der Waals surface area contributed by atoms with E-state index in [9.17, 15) is 9.18 Å². The first-order valence-electron chi connectivity index (χ1n) is 7.04. The van der Waals surface area contributed by atoms with Gasteiger partial charge in [0.05, 0.1) is 0 Å². The van der Waals surface area contributed by atoms with Gasteiger partial charge in [-0.25, -0.2) is 4.39 Å². The second-order valence-corrected chi connectivity index (χ2v) is 5.74. The number of hydrogen-bond acceptors (Lipinski definition) is 2. The summed E-state index contributed by atoms with van der Waals surface area (Å²) in [5.41, 5.74) is 0. The van der Waals surface area contributed by atoms with Gasteiger partial charge < -0.3 is 10.1 Å². The molecule has 0 aliphatic heterocycles. The van der Waals surface area contributed by atoms with E-state index in [1.165, 1.54) is 24.3 Å². The fourth-order valence-corrected chi connectivity index (χ4v) is 2.16. The molecule has 4 heteroatoms. The number of carbonyl (C=O) groups is 1. The van der Waals surface area contributed by atoms with Crippen molar-refractivity contribution >= 4 is 5.91 Å². The van der Waals surface area contributed by atoms with Gasteiger partial charge in [-0.05, 0) is 43.0 Å². The lowest BCUT2D eigenvalue weighted by atomic mass is 9.93. The zero-order valence-corrected chi connectivity index (χ0v) is 12.8. The van der Waals surface area contributed by atoms with Crippen LogP contribution in [0.2, 0.25) is 0 Å². The van der Waals surface area contributed by atoms with Crippen molar-refractivity contribution in [1.29, 1.82) is 0 Å². The van der Waals surface area contributed by atoms with Gasteiger partial charge in [0.2, 0.25) is 0 Å². The average Bonchev–Trinajstić information content (AvgIpc) is 2.37. The Bertz CT molecular complexity index is 421. The minimum Gasteiger partial charge on any atom is -0.481 e. The van der Waals surface area contributed by atoms with E-state index < -0.39 is 6.10 Å². The fourth-order valence-electron chi connectivity index (χ4n) is 2.16. The molecule has 1 rings (SSSR count). The Hall–Kier alpha value is -1.58. The Balaban J connectivity index is 2.60. The molecular weight excluding hydrogens is 257 g/mol. The summed E-state index contributed by atoms with van der Waals surface area (Å²) in [4.78, 5) is 12.1. The summed E-state index contributed by atoms with van der Waals surface area (Å²) in [7, 11) is 0. The summed E-state index contributed by atoms with van der Waals surface area (Å²) >= 11 is 0. The molecule has 0 spiro atoms. The largest absolute Gasteiger partial charge is 0.481 e. The van der Waals surface area contributed by atoms with Gasteiger partial charge in [0.1, 0.15) is 11.6 Å². The Kier molecular flexibility index (Phi) is 5.99. The molecule has 0 bridgehead atoms. The molecular formula is C16H24FNO2. The number of hydrogen-bond donors (Lipinski definition) is 1. The van der Waals surface area contributed by atoms with Crippen molar-refractivity contribution in [3.05, 3.63) is 30.1 Å². The maximum absolute atomic E-state index is 12.8. The van der Waals surface area contributed by atoms with Crippen molar-refractivity contribution in [2.75, 3.05) is 0 Å². The molecule has 0 saturated heterocycles. The second-order valence-electron chi connectivity index (χ2n) is 5.74. The minimum absolute atomic E-state index is 0.113. The van der Waals surface area contributed by atoms with E-state index in [2.05, 4.69) is 33.0 Å². The van der Waals surface area contributed by atoms with Crippen LogP contribution >= 0.6 is 0 Å². The molecule has 1 N–H and O–H groups in total. The first-order chi connectivity index (χ1) is 9.31. The molecule has 112 valence electrons. The molecule has 1 atom stereocenters. The highest BCUT2D eigenvalue weighted by Crippen LogP contribution is 2.15. The van der Waals surface area contributed by atoms with Crippen molar-refractivity contribution in [1.82, 2.24) is 5.32 Å². The molecule has 0 heterocycles. The van der Waals surface area contributed by atoms with Crippen molar-refractivity contribution < 1.29 is 13.9 Å². The lowest BCUT2D eigenvalue weighted by Gasteiger charge is -2.27. The molecule has 1 aromatic rings. The molecule has 0 fully saturated rings. The van der Waals surface area contributed by atoms with Crippen LogP contribution in [-0.2, 0) is 4.79 Å². The standard InChI is InChI=1S/C16H24FNO2/c1-10(2)15(11(3)4)18-16(19)12(5)20-14-8-6-13(17)7-9-14/h6-12,15H,1-5H3,(H,18,19)/t12-/m0/s1. The van der Waals surface area contributed by atoms with Gasteiger partial charge in [-0.3, -0.25) is 4.79 Å². The fraction of sp³-hybridized carbons (Fsp3) is 0.562. The number of nitrogens with one attached hydrogen (secondary N) is 1. The highest BCUT2D eigenvalue weighted by Gasteiger charge is 2.23. The van der Waals surface area contributed by atoms with Gasteiger partial charge in [0.15, 0.2) is 6.10 Å². The summed E-state index contributed by atoms with van der Waals surface area (Å²) in [5, 5.41) is 3.01. The zero-order valence-electron chi connectivity index (χ0n) is 12.8. The number of rotatable bonds is 6. The molecule has 3 nitrogen and oxygen atoms in total. The molecule has 0 unspecified atom stereocenters. The van der Waals surface area contributed by atoms with Crippen LogP contribution in [-0.4, -0.2) is 18.1 Å². The summed E-state index contributed by atoms with van der Waals surface area (Å²) in [6.07, 6.45) is -0.611. The molecule has 1 aromatic carbocycles. The third kappa shape index (κ3) is 4.83. The molecule has 20 heavy (non-hydrogen) atoms. The summed E-state index contributed by atoms with van der Waals surface area (Å²) in [6.45, 7) is 10.0. The van der Waals surface area contributed by atoms with E-state index in [0.717, 1.165) is 0 Å². The SMILES string of the molecule is CC(C)C(NC(=O)[C@H](C)Oc1ccc(F)cc1)C(C)C. The van der Waals surface area contributed by atoms with Gasteiger partial charge >= 0.3 is 0 Å². The second kappa shape index (κ2) is 7.27. The van der Waals surface area contributed by atoms with Crippen LogP contribution in [0.3, 0.4) is 0 Å². The predicted molar refractivity (Wildman–Crippen MR) is 78.1 cm³/mol. The van der Waals surface area contributed by atoms with Crippen LogP contribution in [0.4, 0.5) is 4.39 Å². The van der Waals surface area contributed by atoms with E-state index in [1.807, 2.05) is 0 Å². The highest BCUT2D eigenvalue weighted by atomic mass is 19.1. The molecule has 0 aliphatic rings. The third-order valence-electron chi connectivity index (χ3n) is 3.24. The predicted octanol–water partition coefficient (Wildman–Crippen LogP) is 3.39. The van der Waals surface area contributed by atoms with E-state index in [1.54, 1.807) is 6.92 Å². The number of benzene rings is 1. The summed E-state index contributed by atoms with van der Waals surface area (Å²) < 4.78 is 18.3. The van der Waals surface area contributed by atoms with Crippen LogP contribution in [0.5, 0.6) is 5.75 Å². The monoisotopic (exact) mass is 281 g/mol. The number of amides is 1. The number of carbonyl (C=O) groups excluding carboxylic acids is 1. The number of ether oxygens (including phenoxy) is 1. The molecule has 0 radical (unpaired) electrons. The maximum atomic E-state index is 12.8. The van der Waals surface area contributed by atoms with Crippen molar-refractivity contribution in [3.63, 3.8) is 0 Å². The molecule has 0 saturated carbocycles. The minimum atomic E-state index is -0.611. The van der Waals surface area contributed by atoms with Gasteiger partial charge in [-0.1, -0.05) is 27.7 Å².